The molecule has 0 aliphatic rings. The van der Waals surface area contributed by atoms with Gasteiger partial charge in [0.2, 0.25) is 0 Å². The highest BCUT2D eigenvalue weighted by atomic mass is 16.5. The van der Waals surface area contributed by atoms with Crippen molar-refractivity contribution in [3.8, 4) is 17.2 Å². The van der Waals surface area contributed by atoms with E-state index in [4.69, 9.17) is 15.2 Å². The average Bonchev–Trinajstić information content (AvgIpc) is 2.37. The average molecular weight is 285 g/mol. The molecular weight excluding hydrogens is 262 g/mol. The summed E-state index contributed by atoms with van der Waals surface area (Å²) in [7, 11) is 0. The number of hydrogen-bond acceptors (Lipinski definition) is 3. The summed E-state index contributed by atoms with van der Waals surface area (Å²) in [4.78, 5) is 0. The summed E-state index contributed by atoms with van der Waals surface area (Å²) in [5, 5.41) is 0. The van der Waals surface area contributed by atoms with Gasteiger partial charge in [-0.05, 0) is 30.0 Å². The van der Waals surface area contributed by atoms with Crippen molar-refractivity contribution in [2.24, 2.45) is 0 Å². The van der Waals surface area contributed by atoms with Crippen molar-refractivity contribution in [1.82, 2.24) is 0 Å². The molecule has 2 rings (SSSR count). The Hall–Kier alpha value is -2.16. The third-order valence-electron chi connectivity index (χ3n) is 3.15. The molecule has 2 aromatic rings. The molecule has 0 atom stereocenters. The maximum atomic E-state index is 5.92. The van der Waals surface area contributed by atoms with Crippen LogP contribution in [-0.4, -0.2) is 6.61 Å². The predicted molar refractivity (Wildman–Crippen MR) is 87.2 cm³/mol. The largest absolute Gasteiger partial charge is 0.494 e. The summed E-state index contributed by atoms with van der Waals surface area (Å²) in [6, 6.07) is 13.6. The molecule has 3 heteroatoms. The summed E-state index contributed by atoms with van der Waals surface area (Å²) < 4.78 is 11.4. The van der Waals surface area contributed by atoms with Crippen LogP contribution in [0.4, 0.5) is 5.69 Å². The van der Waals surface area contributed by atoms with Gasteiger partial charge in [0, 0.05) is 23.9 Å². The van der Waals surface area contributed by atoms with Crippen molar-refractivity contribution < 1.29 is 9.47 Å². The van der Waals surface area contributed by atoms with Crippen LogP contribution in [0.5, 0.6) is 17.2 Å². The number of ether oxygens (including phenoxy) is 2. The fourth-order valence-corrected chi connectivity index (χ4v) is 2.06. The van der Waals surface area contributed by atoms with E-state index >= 15 is 0 Å². The van der Waals surface area contributed by atoms with Crippen molar-refractivity contribution in [3.05, 3.63) is 48.0 Å². The van der Waals surface area contributed by atoms with E-state index in [0.29, 0.717) is 18.0 Å². The van der Waals surface area contributed by atoms with Gasteiger partial charge in [-0.1, -0.05) is 32.9 Å². The molecule has 0 amide bonds. The van der Waals surface area contributed by atoms with E-state index in [-0.39, 0.29) is 5.41 Å². The van der Waals surface area contributed by atoms with Crippen LogP contribution >= 0.6 is 0 Å². The maximum absolute atomic E-state index is 5.92. The first-order valence-electron chi connectivity index (χ1n) is 7.20. The summed E-state index contributed by atoms with van der Waals surface area (Å²) in [5.74, 6) is 2.21. The number of hydrogen-bond donors (Lipinski definition) is 1. The minimum atomic E-state index is 0.0889. The molecule has 0 saturated carbocycles. The van der Waals surface area contributed by atoms with E-state index in [0.717, 1.165) is 11.5 Å². The lowest BCUT2D eigenvalue weighted by molar-refractivity contribution is 0.338. The van der Waals surface area contributed by atoms with Crippen LogP contribution in [0.3, 0.4) is 0 Å². The van der Waals surface area contributed by atoms with Gasteiger partial charge in [-0.3, -0.25) is 0 Å². The molecule has 0 aliphatic carbocycles. The number of rotatable bonds is 4. The van der Waals surface area contributed by atoms with Gasteiger partial charge < -0.3 is 15.2 Å². The second-order valence-electron chi connectivity index (χ2n) is 6.05. The second kappa shape index (κ2) is 6.08. The van der Waals surface area contributed by atoms with Gasteiger partial charge in [-0.25, -0.2) is 0 Å². The Morgan fingerprint density at radius 3 is 2.33 bits per heavy atom. The van der Waals surface area contributed by atoms with E-state index in [9.17, 15) is 0 Å². The summed E-state index contributed by atoms with van der Waals surface area (Å²) in [6.07, 6.45) is 0. The molecular formula is C18H23NO2. The normalized spacial score (nSPS) is 11.2. The lowest BCUT2D eigenvalue weighted by Gasteiger charge is -2.19. The van der Waals surface area contributed by atoms with Gasteiger partial charge in [0.1, 0.15) is 17.2 Å². The van der Waals surface area contributed by atoms with Gasteiger partial charge >= 0.3 is 0 Å². The van der Waals surface area contributed by atoms with E-state index in [1.165, 1.54) is 5.56 Å². The Balaban J connectivity index is 2.26. The summed E-state index contributed by atoms with van der Waals surface area (Å²) >= 11 is 0. The zero-order valence-corrected chi connectivity index (χ0v) is 13.1. The molecule has 2 aromatic carbocycles. The Morgan fingerprint density at radius 1 is 0.952 bits per heavy atom. The molecule has 0 saturated heterocycles. The van der Waals surface area contributed by atoms with Gasteiger partial charge in [-0.15, -0.1) is 0 Å². The lowest BCUT2D eigenvalue weighted by Crippen LogP contribution is -2.10. The van der Waals surface area contributed by atoms with Crippen molar-refractivity contribution >= 4 is 5.69 Å². The predicted octanol–water partition coefficient (Wildman–Crippen LogP) is 4.76. The highest BCUT2D eigenvalue weighted by Gasteiger charge is 2.14. The van der Waals surface area contributed by atoms with E-state index in [1.54, 1.807) is 12.1 Å². The number of nitrogens with two attached hydrogens (primary N) is 1. The van der Waals surface area contributed by atoms with E-state index < -0.39 is 0 Å². The third kappa shape index (κ3) is 4.15. The van der Waals surface area contributed by atoms with Crippen LogP contribution in [0.1, 0.15) is 33.3 Å². The fraction of sp³-hybridized carbons (Fsp3) is 0.333. The zero-order valence-electron chi connectivity index (χ0n) is 13.1. The highest BCUT2D eigenvalue weighted by molar-refractivity contribution is 5.51. The monoisotopic (exact) mass is 285 g/mol. The first kappa shape index (κ1) is 15.2. The minimum absolute atomic E-state index is 0.0889. The zero-order chi connectivity index (χ0) is 15.5. The summed E-state index contributed by atoms with van der Waals surface area (Å²) in [5.41, 5.74) is 7.83. The third-order valence-corrected chi connectivity index (χ3v) is 3.15. The molecule has 0 spiro atoms. The standard InChI is InChI=1S/C18H23NO2/c1-5-20-16-10-14(19)11-17(12-16)21-15-8-6-7-13(9-15)18(2,3)4/h6-12H,5,19H2,1-4H3. The topological polar surface area (TPSA) is 44.5 Å². The number of benzene rings is 2. The Morgan fingerprint density at radius 2 is 1.67 bits per heavy atom. The van der Waals surface area contributed by atoms with Crippen molar-refractivity contribution in [1.29, 1.82) is 0 Å². The van der Waals surface area contributed by atoms with Crippen LogP contribution in [0.15, 0.2) is 42.5 Å². The Kier molecular flexibility index (Phi) is 4.41. The van der Waals surface area contributed by atoms with Gasteiger partial charge in [-0.2, -0.15) is 0 Å². The van der Waals surface area contributed by atoms with Crippen LogP contribution < -0.4 is 15.2 Å². The number of nitrogen functional groups attached to an aromatic ring is 1. The Bertz CT molecular complexity index is 615. The first-order chi connectivity index (χ1) is 9.88. The van der Waals surface area contributed by atoms with E-state index in [2.05, 4.69) is 32.9 Å². The molecule has 0 aromatic heterocycles. The highest BCUT2D eigenvalue weighted by Crippen LogP contribution is 2.31. The quantitative estimate of drug-likeness (QED) is 0.824. The van der Waals surface area contributed by atoms with Gasteiger partial charge in [0.15, 0.2) is 0 Å². The molecule has 2 N–H and O–H groups in total. The molecule has 0 heterocycles. The maximum Gasteiger partial charge on any atom is 0.133 e. The summed E-state index contributed by atoms with van der Waals surface area (Å²) in [6.45, 7) is 9.08. The number of anilines is 1. The van der Waals surface area contributed by atoms with Crippen molar-refractivity contribution in [2.75, 3.05) is 12.3 Å². The molecule has 0 bridgehead atoms. The molecule has 112 valence electrons. The second-order valence-corrected chi connectivity index (χ2v) is 6.05. The van der Waals surface area contributed by atoms with Crippen LogP contribution in [-0.2, 0) is 5.41 Å². The molecule has 21 heavy (non-hydrogen) atoms. The SMILES string of the molecule is CCOc1cc(N)cc(Oc2cccc(C(C)(C)C)c2)c1. The molecule has 0 aliphatic heterocycles. The van der Waals surface area contributed by atoms with Crippen LogP contribution in [0.25, 0.3) is 0 Å². The first-order valence-corrected chi connectivity index (χ1v) is 7.20. The Labute approximate surface area is 126 Å². The van der Waals surface area contributed by atoms with Gasteiger partial charge in [0.25, 0.3) is 0 Å². The minimum Gasteiger partial charge on any atom is -0.494 e. The molecule has 0 fully saturated rings. The fourth-order valence-electron chi connectivity index (χ4n) is 2.06. The van der Waals surface area contributed by atoms with Gasteiger partial charge in [0.05, 0.1) is 6.61 Å². The molecule has 3 nitrogen and oxygen atoms in total. The molecule has 0 radical (unpaired) electrons. The van der Waals surface area contributed by atoms with Crippen molar-refractivity contribution in [2.45, 2.75) is 33.1 Å². The molecule has 0 unspecified atom stereocenters. The van der Waals surface area contributed by atoms with Crippen LogP contribution in [0.2, 0.25) is 0 Å². The van der Waals surface area contributed by atoms with E-state index in [1.807, 2.05) is 25.1 Å². The van der Waals surface area contributed by atoms with Crippen molar-refractivity contribution in [3.63, 3.8) is 0 Å². The lowest BCUT2D eigenvalue weighted by atomic mass is 9.87. The smallest absolute Gasteiger partial charge is 0.133 e. The van der Waals surface area contributed by atoms with Crippen LogP contribution in [0, 0.1) is 0 Å².